The average Bonchev–Trinajstić information content (AvgIpc) is 2.90. The van der Waals surface area contributed by atoms with Gasteiger partial charge in [-0.15, -0.1) is 11.3 Å². The number of aryl methyl sites for hydroxylation is 1. The summed E-state index contributed by atoms with van der Waals surface area (Å²) in [5.74, 6) is 0.158. The molecule has 3 unspecified atom stereocenters. The molecule has 1 aliphatic heterocycles. The smallest absolute Gasteiger partial charge is 0.243 e. The second kappa shape index (κ2) is 5.28. The summed E-state index contributed by atoms with van der Waals surface area (Å²) >= 11 is 1.58. The van der Waals surface area contributed by atoms with E-state index in [0.717, 1.165) is 30.0 Å². The third kappa shape index (κ3) is 2.04. The molecule has 0 aromatic carbocycles. The Bertz CT molecular complexity index is 586. The normalized spacial score (nSPS) is 33.0. The number of hydrogen-bond donors (Lipinski definition) is 1. The van der Waals surface area contributed by atoms with Crippen molar-refractivity contribution in [1.82, 2.24) is 9.88 Å². The number of carbonyl (C=O) groups is 1. The number of amides is 1. The lowest BCUT2D eigenvalue weighted by molar-refractivity contribution is -0.229. The summed E-state index contributed by atoms with van der Waals surface area (Å²) in [5.41, 5.74) is 8.32. The number of likely N-dealkylation sites (N-methyl/N-ethyl adjacent to an activating group) is 1. The van der Waals surface area contributed by atoms with Gasteiger partial charge in [0.1, 0.15) is 5.54 Å². The van der Waals surface area contributed by atoms with Crippen molar-refractivity contribution in [3.8, 4) is 0 Å². The number of hydrogen-bond acceptors (Lipinski definition) is 5. The zero-order chi connectivity index (χ0) is 16.1. The summed E-state index contributed by atoms with van der Waals surface area (Å²) in [6.07, 6.45) is 2.07. The molecule has 6 heteroatoms. The Morgan fingerprint density at radius 2 is 2.32 bits per heavy atom. The Morgan fingerprint density at radius 1 is 1.59 bits per heavy atom. The lowest BCUT2D eigenvalue weighted by atomic mass is 9.46. The molecular formula is C16H25N3O2S. The van der Waals surface area contributed by atoms with E-state index in [1.807, 2.05) is 19.5 Å². The topological polar surface area (TPSA) is 68.5 Å². The Balaban J connectivity index is 1.79. The first-order valence-electron chi connectivity index (χ1n) is 7.85. The van der Waals surface area contributed by atoms with E-state index in [2.05, 4.69) is 18.8 Å². The van der Waals surface area contributed by atoms with Gasteiger partial charge in [-0.1, -0.05) is 13.8 Å². The molecule has 3 rings (SSSR count). The minimum atomic E-state index is -0.828. The molecule has 1 saturated carbocycles. The molecule has 2 fully saturated rings. The van der Waals surface area contributed by atoms with Crippen molar-refractivity contribution in [3.63, 3.8) is 0 Å². The van der Waals surface area contributed by atoms with Crippen LogP contribution in [0.15, 0.2) is 5.51 Å². The molecule has 0 spiro atoms. The van der Waals surface area contributed by atoms with E-state index in [1.165, 1.54) is 0 Å². The molecule has 5 nitrogen and oxygen atoms in total. The van der Waals surface area contributed by atoms with Gasteiger partial charge in [0.15, 0.2) is 0 Å². The van der Waals surface area contributed by atoms with E-state index in [1.54, 1.807) is 16.2 Å². The van der Waals surface area contributed by atoms with Gasteiger partial charge in [0.05, 0.1) is 23.9 Å². The zero-order valence-corrected chi connectivity index (χ0v) is 14.6. The summed E-state index contributed by atoms with van der Waals surface area (Å²) in [6, 6.07) is 0. The monoisotopic (exact) mass is 323 g/mol. The number of thiazole rings is 1. The molecule has 1 saturated heterocycles. The summed E-state index contributed by atoms with van der Waals surface area (Å²) in [6.45, 7) is 7.44. The van der Waals surface area contributed by atoms with E-state index in [9.17, 15) is 4.79 Å². The third-order valence-electron chi connectivity index (χ3n) is 5.61. The molecule has 0 bridgehead atoms. The molecule has 122 valence electrons. The summed E-state index contributed by atoms with van der Waals surface area (Å²) in [4.78, 5) is 20.2. The lowest BCUT2D eigenvalue weighted by Gasteiger charge is -2.65. The van der Waals surface area contributed by atoms with Gasteiger partial charge in [-0.25, -0.2) is 4.98 Å². The highest BCUT2D eigenvalue weighted by molar-refractivity contribution is 7.09. The van der Waals surface area contributed by atoms with Crippen LogP contribution in [0.5, 0.6) is 0 Å². The van der Waals surface area contributed by atoms with Crippen molar-refractivity contribution in [3.05, 3.63) is 16.1 Å². The maximum Gasteiger partial charge on any atom is 0.243 e. The molecule has 3 atom stereocenters. The Kier molecular flexibility index (Phi) is 3.82. The van der Waals surface area contributed by atoms with Gasteiger partial charge < -0.3 is 15.4 Å². The van der Waals surface area contributed by atoms with E-state index >= 15 is 0 Å². The third-order valence-corrected chi connectivity index (χ3v) is 6.53. The number of ether oxygens (including phenoxy) is 1. The van der Waals surface area contributed by atoms with Crippen molar-refractivity contribution in [2.45, 2.75) is 51.8 Å². The first kappa shape index (κ1) is 15.9. The highest BCUT2D eigenvalue weighted by atomic mass is 32.1. The summed E-state index contributed by atoms with van der Waals surface area (Å²) in [7, 11) is 1.84. The van der Waals surface area contributed by atoms with Gasteiger partial charge >= 0.3 is 0 Å². The molecule has 2 N–H and O–H groups in total. The van der Waals surface area contributed by atoms with Gasteiger partial charge in [0.25, 0.3) is 0 Å². The van der Waals surface area contributed by atoms with Gasteiger partial charge in [-0.2, -0.15) is 0 Å². The second-order valence-electron chi connectivity index (χ2n) is 7.15. The zero-order valence-electron chi connectivity index (χ0n) is 13.8. The molecule has 1 aromatic rings. The lowest BCUT2D eigenvalue weighted by Crippen LogP contribution is -2.82. The Morgan fingerprint density at radius 3 is 2.95 bits per heavy atom. The van der Waals surface area contributed by atoms with Crippen molar-refractivity contribution in [2.24, 2.45) is 17.1 Å². The van der Waals surface area contributed by atoms with Crippen LogP contribution in [-0.2, 0) is 16.1 Å². The molecule has 0 radical (unpaired) electrons. The van der Waals surface area contributed by atoms with Crippen LogP contribution in [0, 0.1) is 18.3 Å². The number of rotatable bonds is 3. The van der Waals surface area contributed by atoms with Crippen LogP contribution in [-0.4, -0.2) is 41.1 Å². The number of nitrogens with two attached hydrogens (primary N) is 1. The molecule has 1 aromatic heterocycles. The van der Waals surface area contributed by atoms with Crippen molar-refractivity contribution >= 4 is 17.2 Å². The maximum atomic E-state index is 13.1. The fourth-order valence-electron chi connectivity index (χ4n) is 4.09. The van der Waals surface area contributed by atoms with Crippen molar-refractivity contribution < 1.29 is 9.53 Å². The first-order chi connectivity index (χ1) is 10.3. The Labute approximate surface area is 135 Å². The van der Waals surface area contributed by atoms with Crippen LogP contribution < -0.4 is 5.73 Å². The highest BCUT2D eigenvalue weighted by Gasteiger charge is 2.70. The molecule has 22 heavy (non-hydrogen) atoms. The van der Waals surface area contributed by atoms with Crippen LogP contribution in [0.1, 0.15) is 37.3 Å². The van der Waals surface area contributed by atoms with Crippen molar-refractivity contribution in [1.29, 1.82) is 0 Å². The largest absolute Gasteiger partial charge is 0.377 e. The summed E-state index contributed by atoms with van der Waals surface area (Å²) < 4.78 is 5.88. The van der Waals surface area contributed by atoms with Gasteiger partial charge in [-0.3, -0.25) is 4.79 Å². The maximum absolute atomic E-state index is 13.1. The van der Waals surface area contributed by atoms with Crippen LogP contribution in [0.3, 0.4) is 0 Å². The van der Waals surface area contributed by atoms with Gasteiger partial charge in [0, 0.05) is 29.9 Å². The Hall–Kier alpha value is -0.980. The van der Waals surface area contributed by atoms with E-state index in [-0.39, 0.29) is 23.3 Å². The fourth-order valence-corrected chi connectivity index (χ4v) is 4.92. The molecule has 1 aliphatic carbocycles. The van der Waals surface area contributed by atoms with Crippen LogP contribution in [0.4, 0.5) is 0 Å². The van der Waals surface area contributed by atoms with Crippen molar-refractivity contribution in [2.75, 3.05) is 13.7 Å². The number of aromatic nitrogens is 1. The average molecular weight is 323 g/mol. The molecule has 2 aliphatic rings. The van der Waals surface area contributed by atoms with Crippen LogP contribution in [0.25, 0.3) is 0 Å². The van der Waals surface area contributed by atoms with Gasteiger partial charge in [-0.05, 0) is 19.8 Å². The highest BCUT2D eigenvalue weighted by Crippen LogP contribution is 2.57. The van der Waals surface area contributed by atoms with E-state index in [4.69, 9.17) is 10.5 Å². The van der Waals surface area contributed by atoms with Crippen LogP contribution in [0.2, 0.25) is 0 Å². The van der Waals surface area contributed by atoms with Crippen LogP contribution >= 0.6 is 11.3 Å². The summed E-state index contributed by atoms with van der Waals surface area (Å²) in [5, 5.41) is 0. The standard InChI is InChI=1S/C16H25N3O2S/c1-10-12(22-9-18-10)8-19(4)14(20)16(17)11-6-5-7-21-13(11)15(16,2)3/h9,11,13H,5-8,17H2,1-4H3. The molecular weight excluding hydrogens is 298 g/mol. The SMILES string of the molecule is Cc1ncsc1CN(C)C(=O)C1(N)C2CCCOC2C1(C)C. The quantitative estimate of drug-likeness (QED) is 0.923. The van der Waals surface area contributed by atoms with E-state index < -0.39 is 5.54 Å². The van der Waals surface area contributed by atoms with Gasteiger partial charge in [0.2, 0.25) is 5.91 Å². The number of nitrogens with zero attached hydrogens (tertiary/aromatic N) is 2. The molecule has 2 heterocycles. The molecule has 1 amide bonds. The minimum absolute atomic E-state index is 0.0250. The fraction of sp³-hybridized carbons (Fsp3) is 0.750. The number of carbonyl (C=O) groups excluding carboxylic acids is 1. The predicted molar refractivity (Wildman–Crippen MR) is 86.5 cm³/mol. The second-order valence-corrected chi connectivity index (χ2v) is 8.09. The van der Waals surface area contributed by atoms with E-state index in [0.29, 0.717) is 6.54 Å². The minimum Gasteiger partial charge on any atom is -0.377 e. The first-order valence-corrected chi connectivity index (χ1v) is 8.73. The number of fused-ring (bicyclic) bond motifs is 1. The predicted octanol–water partition coefficient (Wildman–Crippen LogP) is 1.94.